The largest absolute Gasteiger partial charge is 0.354 e. The topological polar surface area (TPSA) is 71.8 Å². The molecule has 2 heterocycles. The second-order valence-corrected chi connectivity index (χ2v) is 4.02. The van der Waals surface area contributed by atoms with Crippen molar-refractivity contribution in [2.45, 2.75) is 31.8 Å². The molecule has 88 valence electrons. The van der Waals surface area contributed by atoms with Crippen molar-refractivity contribution in [1.29, 1.82) is 0 Å². The molecule has 0 radical (unpaired) electrons. The second-order valence-electron chi connectivity index (χ2n) is 4.02. The third-order valence-corrected chi connectivity index (χ3v) is 2.75. The van der Waals surface area contributed by atoms with Gasteiger partial charge >= 0.3 is 0 Å². The van der Waals surface area contributed by atoms with Gasteiger partial charge in [0, 0.05) is 12.6 Å². The van der Waals surface area contributed by atoms with E-state index in [1.807, 2.05) is 0 Å². The average molecular weight is 223 g/mol. The fraction of sp³-hybridized carbons (Fsp3) is 0.700. The van der Waals surface area contributed by atoms with Crippen LogP contribution in [-0.4, -0.2) is 39.8 Å². The molecule has 0 aromatic carbocycles. The summed E-state index contributed by atoms with van der Waals surface area (Å²) in [6, 6.07) is 0.576. The molecule has 2 N–H and O–H groups in total. The molecule has 2 rings (SSSR count). The normalized spacial score (nSPS) is 19.9. The lowest BCUT2D eigenvalue weighted by Gasteiger charge is -2.10. The number of rotatable bonds is 5. The molecule has 6 nitrogen and oxygen atoms in total. The first-order valence-electron chi connectivity index (χ1n) is 5.67. The predicted molar refractivity (Wildman–Crippen MR) is 58.7 cm³/mol. The SMILES string of the molecule is O=C(Cn1cncn1)NCC[C@@H]1CCCN1. The molecular weight excluding hydrogens is 206 g/mol. The molecule has 1 fully saturated rings. The summed E-state index contributed by atoms with van der Waals surface area (Å²) in [4.78, 5) is 15.2. The number of hydrogen-bond acceptors (Lipinski definition) is 4. The highest BCUT2D eigenvalue weighted by Gasteiger charge is 2.13. The number of carbonyl (C=O) groups is 1. The highest BCUT2D eigenvalue weighted by Crippen LogP contribution is 2.07. The summed E-state index contributed by atoms with van der Waals surface area (Å²) in [6.45, 7) is 2.08. The third kappa shape index (κ3) is 3.30. The lowest BCUT2D eigenvalue weighted by molar-refractivity contribution is -0.121. The van der Waals surface area contributed by atoms with Crippen LogP contribution in [0.1, 0.15) is 19.3 Å². The van der Waals surface area contributed by atoms with Crippen molar-refractivity contribution in [3.63, 3.8) is 0 Å². The van der Waals surface area contributed by atoms with E-state index >= 15 is 0 Å². The maximum absolute atomic E-state index is 11.5. The first kappa shape index (κ1) is 11.1. The second kappa shape index (κ2) is 5.60. The Labute approximate surface area is 94.4 Å². The van der Waals surface area contributed by atoms with Crippen LogP contribution in [0.2, 0.25) is 0 Å². The van der Waals surface area contributed by atoms with E-state index in [0.29, 0.717) is 6.04 Å². The van der Waals surface area contributed by atoms with Gasteiger partial charge < -0.3 is 10.6 Å². The highest BCUT2D eigenvalue weighted by molar-refractivity contribution is 5.75. The molecule has 1 aliphatic rings. The molecule has 0 bridgehead atoms. The van der Waals surface area contributed by atoms with Crippen molar-refractivity contribution in [2.75, 3.05) is 13.1 Å². The molecular formula is C10H17N5O. The molecule has 1 aliphatic heterocycles. The number of hydrogen-bond donors (Lipinski definition) is 2. The van der Waals surface area contributed by atoms with Gasteiger partial charge in [0.1, 0.15) is 19.2 Å². The first-order valence-corrected chi connectivity index (χ1v) is 5.67. The van der Waals surface area contributed by atoms with E-state index in [1.54, 1.807) is 0 Å². The van der Waals surface area contributed by atoms with E-state index in [-0.39, 0.29) is 12.5 Å². The molecule has 16 heavy (non-hydrogen) atoms. The molecule has 1 amide bonds. The Balaban J connectivity index is 1.60. The monoisotopic (exact) mass is 223 g/mol. The van der Waals surface area contributed by atoms with Crippen LogP contribution in [0.15, 0.2) is 12.7 Å². The van der Waals surface area contributed by atoms with E-state index in [4.69, 9.17) is 0 Å². The first-order chi connectivity index (χ1) is 7.84. The summed E-state index contributed by atoms with van der Waals surface area (Å²) in [5.74, 6) is -0.0107. The van der Waals surface area contributed by atoms with Crippen molar-refractivity contribution < 1.29 is 4.79 Å². The Morgan fingerprint density at radius 2 is 2.56 bits per heavy atom. The summed E-state index contributed by atoms with van der Waals surface area (Å²) < 4.78 is 1.52. The van der Waals surface area contributed by atoms with Gasteiger partial charge in [0.05, 0.1) is 0 Å². The summed E-state index contributed by atoms with van der Waals surface area (Å²) in [5.41, 5.74) is 0. The van der Waals surface area contributed by atoms with Crippen molar-refractivity contribution >= 4 is 5.91 Å². The minimum Gasteiger partial charge on any atom is -0.354 e. The van der Waals surface area contributed by atoms with Gasteiger partial charge in [-0.3, -0.25) is 4.79 Å². The van der Waals surface area contributed by atoms with Gasteiger partial charge in [-0.15, -0.1) is 0 Å². The van der Waals surface area contributed by atoms with Crippen LogP contribution < -0.4 is 10.6 Å². The number of aromatic nitrogens is 3. The summed E-state index contributed by atoms with van der Waals surface area (Å²) in [7, 11) is 0. The van der Waals surface area contributed by atoms with Gasteiger partial charge in [-0.1, -0.05) is 0 Å². The molecule has 1 aromatic rings. The quantitative estimate of drug-likeness (QED) is 0.708. The third-order valence-electron chi connectivity index (χ3n) is 2.75. The Morgan fingerprint density at radius 1 is 1.62 bits per heavy atom. The minimum absolute atomic E-state index is 0.0107. The van der Waals surface area contributed by atoms with E-state index in [9.17, 15) is 4.79 Å². The van der Waals surface area contributed by atoms with E-state index < -0.39 is 0 Å². The van der Waals surface area contributed by atoms with Crippen LogP contribution in [0.5, 0.6) is 0 Å². The molecule has 1 saturated heterocycles. The number of nitrogens with one attached hydrogen (secondary N) is 2. The van der Waals surface area contributed by atoms with Crippen LogP contribution in [0.4, 0.5) is 0 Å². The number of nitrogens with zero attached hydrogens (tertiary/aromatic N) is 3. The van der Waals surface area contributed by atoms with Crippen LogP contribution in [0.3, 0.4) is 0 Å². The van der Waals surface area contributed by atoms with Crippen LogP contribution >= 0.6 is 0 Å². The van der Waals surface area contributed by atoms with Gasteiger partial charge in [0.2, 0.25) is 5.91 Å². The molecule has 1 aromatic heterocycles. The molecule has 0 unspecified atom stereocenters. The summed E-state index contributed by atoms with van der Waals surface area (Å²) in [5, 5.41) is 10.2. The lowest BCUT2D eigenvalue weighted by Crippen LogP contribution is -2.32. The molecule has 6 heteroatoms. The summed E-state index contributed by atoms with van der Waals surface area (Å²) in [6.07, 6.45) is 6.44. The van der Waals surface area contributed by atoms with Gasteiger partial charge in [0.15, 0.2) is 0 Å². The summed E-state index contributed by atoms with van der Waals surface area (Å²) >= 11 is 0. The highest BCUT2D eigenvalue weighted by atomic mass is 16.2. The maximum Gasteiger partial charge on any atom is 0.241 e. The van der Waals surface area contributed by atoms with Crippen molar-refractivity contribution in [3.8, 4) is 0 Å². The van der Waals surface area contributed by atoms with E-state index in [1.165, 1.54) is 30.2 Å². The zero-order chi connectivity index (χ0) is 11.2. The Kier molecular flexibility index (Phi) is 3.87. The van der Waals surface area contributed by atoms with Crippen LogP contribution in [0, 0.1) is 0 Å². The fourth-order valence-electron chi connectivity index (χ4n) is 1.91. The molecule has 0 saturated carbocycles. The standard InChI is InChI=1S/C10H17N5O/c16-10(6-15-8-11-7-14-15)13-5-3-9-2-1-4-12-9/h7-9,12H,1-6H2,(H,13,16)/t9-/m0/s1. The average Bonchev–Trinajstić information content (AvgIpc) is 2.90. The van der Waals surface area contributed by atoms with Gasteiger partial charge in [0.25, 0.3) is 0 Å². The fourth-order valence-corrected chi connectivity index (χ4v) is 1.91. The molecule has 0 aliphatic carbocycles. The minimum atomic E-state index is -0.0107. The smallest absolute Gasteiger partial charge is 0.241 e. The lowest BCUT2D eigenvalue weighted by atomic mass is 10.1. The molecule has 1 atom stereocenters. The Morgan fingerprint density at radius 3 is 3.25 bits per heavy atom. The van der Waals surface area contributed by atoms with Crippen LogP contribution in [0.25, 0.3) is 0 Å². The number of carbonyl (C=O) groups excluding carboxylic acids is 1. The van der Waals surface area contributed by atoms with Gasteiger partial charge in [-0.25, -0.2) is 9.67 Å². The van der Waals surface area contributed by atoms with Crippen LogP contribution in [-0.2, 0) is 11.3 Å². The van der Waals surface area contributed by atoms with Crippen molar-refractivity contribution in [2.24, 2.45) is 0 Å². The molecule has 0 spiro atoms. The zero-order valence-corrected chi connectivity index (χ0v) is 9.22. The number of amides is 1. The predicted octanol–water partition coefficient (Wildman–Crippen LogP) is -0.464. The van der Waals surface area contributed by atoms with E-state index in [0.717, 1.165) is 19.5 Å². The Bertz CT molecular complexity index is 318. The van der Waals surface area contributed by atoms with E-state index in [2.05, 4.69) is 20.7 Å². The zero-order valence-electron chi connectivity index (χ0n) is 9.22. The van der Waals surface area contributed by atoms with Crippen molar-refractivity contribution in [3.05, 3.63) is 12.7 Å². The maximum atomic E-state index is 11.5. The van der Waals surface area contributed by atoms with Gasteiger partial charge in [-0.05, 0) is 25.8 Å². The van der Waals surface area contributed by atoms with Crippen molar-refractivity contribution in [1.82, 2.24) is 25.4 Å². The Hall–Kier alpha value is -1.43. The van der Waals surface area contributed by atoms with Gasteiger partial charge in [-0.2, -0.15) is 5.10 Å².